The van der Waals surface area contributed by atoms with E-state index in [0.29, 0.717) is 5.95 Å². The van der Waals surface area contributed by atoms with Crippen molar-refractivity contribution in [1.29, 1.82) is 0 Å². The quantitative estimate of drug-likeness (QED) is 0.481. The number of benzene rings is 1. The van der Waals surface area contributed by atoms with E-state index in [1.165, 1.54) is 4.88 Å². The van der Waals surface area contributed by atoms with Crippen LogP contribution in [0.5, 0.6) is 0 Å². The molecule has 0 spiro atoms. The van der Waals surface area contributed by atoms with Gasteiger partial charge < -0.3 is 5.32 Å². The number of aryl methyl sites for hydroxylation is 1. The normalized spacial score (nSPS) is 10.8. The molecule has 0 unspecified atom stereocenters. The van der Waals surface area contributed by atoms with Gasteiger partial charge in [0.2, 0.25) is 5.95 Å². The van der Waals surface area contributed by atoms with Gasteiger partial charge in [-0.05, 0) is 30.7 Å². The molecule has 108 valence electrons. The average Bonchev–Trinajstić information content (AvgIpc) is 2.90. The molecular formula is C14H14BrN5S. The summed E-state index contributed by atoms with van der Waals surface area (Å²) in [5.41, 5.74) is 3.47. The fourth-order valence-corrected chi connectivity index (χ4v) is 3.37. The van der Waals surface area contributed by atoms with Crippen molar-refractivity contribution in [2.75, 3.05) is 10.7 Å². The summed E-state index contributed by atoms with van der Waals surface area (Å²) < 4.78 is 1.01. The first kappa shape index (κ1) is 14.2. The topological polar surface area (TPSA) is 75.9 Å². The molecule has 0 atom stereocenters. The lowest BCUT2D eigenvalue weighted by atomic mass is 10.3. The fourth-order valence-electron chi connectivity index (χ4n) is 2.01. The Hall–Kier alpha value is -1.70. The van der Waals surface area contributed by atoms with Gasteiger partial charge in [0.15, 0.2) is 0 Å². The van der Waals surface area contributed by atoms with Gasteiger partial charge in [-0.25, -0.2) is 10.8 Å². The van der Waals surface area contributed by atoms with Crippen LogP contribution in [-0.2, 0) is 6.42 Å². The maximum absolute atomic E-state index is 5.46. The van der Waals surface area contributed by atoms with Crippen molar-refractivity contribution < 1.29 is 0 Å². The number of hydrazine groups is 1. The molecule has 0 saturated carbocycles. The molecule has 21 heavy (non-hydrogen) atoms. The van der Waals surface area contributed by atoms with E-state index in [-0.39, 0.29) is 0 Å². The third-order valence-electron chi connectivity index (χ3n) is 3.01. The SMILES string of the molecule is CCc1cc2c(Nc3cccc(Br)c3)nc(NN)nc2s1. The Morgan fingerprint density at radius 1 is 1.29 bits per heavy atom. The number of nitrogen functional groups attached to an aromatic ring is 1. The molecule has 1 aromatic carbocycles. The standard InChI is InChI=1S/C14H14BrN5S/c1-2-10-7-11-12(17-9-5-3-4-8(15)6-9)18-14(20-16)19-13(11)21-10/h3-7H,2,16H2,1H3,(H2,17,18,19,20). The second kappa shape index (κ2) is 5.97. The molecule has 2 aromatic heterocycles. The number of nitrogens with zero attached hydrogens (tertiary/aromatic N) is 2. The van der Waals surface area contributed by atoms with E-state index in [2.05, 4.69) is 49.6 Å². The van der Waals surface area contributed by atoms with E-state index >= 15 is 0 Å². The molecule has 0 fully saturated rings. The summed E-state index contributed by atoms with van der Waals surface area (Å²) in [6.07, 6.45) is 0.975. The van der Waals surface area contributed by atoms with E-state index in [1.54, 1.807) is 11.3 Å². The number of nitrogens with one attached hydrogen (secondary N) is 2. The van der Waals surface area contributed by atoms with E-state index in [0.717, 1.165) is 32.6 Å². The minimum atomic E-state index is 0.407. The van der Waals surface area contributed by atoms with E-state index in [9.17, 15) is 0 Å². The predicted molar refractivity (Wildman–Crippen MR) is 92.0 cm³/mol. The molecule has 2 heterocycles. The molecule has 0 aliphatic rings. The molecule has 0 amide bonds. The third kappa shape index (κ3) is 2.99. The van der Waals surface area contributed by atoms with Crippen LogP contribution in [-0.4, -0.2) is 9.97 Å². The highest BCUT2D eigenvalue weighted by molar-refractivity contribution is 9.10. The monoisotopic (exact) mass is 363 g/mol. The molecule has 0 radical (unpaired) electrons. The largest absolute Gasteiger partial charge is 0.339 e. The number of anilines is 3. The first-order chi connectivity index (χ1) is 10.2. The van der Waals surface area contributed by atoms with Gasteiger partial charge in [-0.15, -0.1) is 11.3 Å². The van der Waals surface area contributed by atoms with Gasteiger partial charge in [0.05, 0.1) is 5.39 Å². The smallest absolute Gasteiger partial charge is 0.240 e. The van der Waals surface area contributed by atoms with Gasteiger partial charge in [-0.3, -0.25) is 5.43 Å². The first-order valence-corrected chi connectivity index (χ1v) is 8.10. The van der Waals surface area contributed by atoms with E-state index in [1.807, 2.05) is 24.3 Å². The Balaban J connectivity index is 2.09. The number of thiophene rings is 1. The Kier molecular flexibility index (Phi) is 4.05. The minimum absolute atomic E-state index is 0.407. The zero-order valence-electron chi connectivity index (χ0n) is 11.4. The molecule has 0 aliphatic carbocycles. The van der Waals surface area contributed by atoms with Crippen LogP contribution < -0.4 is 16.6 Å². The second-order valence-corrected chi connectivity index (χ2v) is 6.49. The van der Waals surface area contributed by atoms with Crippen molar-refractivity contribution in [2.24, 2.45) is 5.84 Å². The Bertz CT molecular complexity index is 786. The predicted octanol–water partition coefficient (Wildman–Crippen LogP) is 4.05. The van der Waals surface area contributed by atoms with Crippen molar-refractivity contribution in [3.05, 3.63) is 39.7 Å². The number of halogens is 1. The first-order valence-electron chi connectivity index (χ1n) is 6.49. The van der Waals surface area contributed by atoms with Gasteiger partial charge in [-0.2, -0.15) is 4.98 Å². The highest BCUT2D eigenvalue weighted by atomic mass is 79.9. The van der Waals surface area contributed by atoms with Crippen LogP contribution in [0.4, 0.5) is 17.5 Å². The van der Waals surface area contributed by atoms with Crippen LogP contribution in [0.3, 0.4) is 0 Å². The van der Waals surface area contributed by atoms with Crippen molar-refractivity contribution in [2.45, 2.75) is 13.3 Å². The zero-order chi connectivity index (χ0) is 14.8. The molecule has 4 N–H and O–H groups in total. The minimum Gasteiger partial charge on any atom is -0.339 e. The maximum atomic E-state index is 5.46. The van der Waals surface area contributed by atoms with Gasteiger partial charge in [0.1, 0.15) is 10.6 Å². The Morgan fingerprint density at radius 3 is 2.86 bits per heavy atom. The maximum Gasteiger partial charge on any atom is 0.240 e. The molecule has 3 aromatic rings. The van der Waals surface area contributed by atoms with Crippen LogP contribution in [0.15, 0.2) is 34.8 Å². The van der Waals surface area contributed by atoms with Gasteiger partial charge >= 0.3 is 0 Å². The average molecular weight is 364 g/mol. The van der Waals surface area contributed by atoms with Crippen molar-refractivity contribution in [1.82, 2.24) is 9.97 Å². The van der Waals surface area contributed by atoms with Gasteiger partial charge in [0.25, 0.3) is 0 Å². The van der Waals surface area contributed by atoms with E-state index < -0.39 is 0 Å². The van der Waals surface area contributed by atoms with Crippen LogP contribution >= 0.6 is 27.3 Å². The van der Waals surface area contributed by atoms with Crippen LogP contribution in [0.2, 0.25) is 0 Å². The highest BCUT2D eigenvalue weighted by Crippen LogP contribution is 2.32. The van der Waals surface area contributed by atoms with Crippen LogP contribution in [0.1, 0.15) is 11.8 Å². The summed E-state index contributed by atoms with van der Waals surface area (Å²) in [7, 11) is 0. The van der Waals surface area contributed by atoms with Crippen molar-refractivity contribution >= 4 is 54.9 Å². The molecule has 0 saturated heterocycles. The molecule has 0 bridgehead atoms. The summed E-state index contributed by atoms with van der Waals surface area (Å²) in [6.45, 7) is 2.13. The second-order valence-electron chi connectivity index (χ2n) is 4.46. The van der Waals surface area contributed by atoms with E-state index in [4.69, 9.17) is 5.84 Å². The zero-order valence-corrected chi connectivity index (χ0v) is 13.8. The molecular weight excluding hydrogens is 350 g/mol. The summed E-state index contributed by atoms with van der Waals surface area (Å²) in [6, 6.07) is 10.1. The number of hydrogen-bond donors (Lipinski definition) is 3. The Labute approximate surface area is 134 Å². The Morgan fingerprint density at radius 2 is 2.14 bits per heavy atom. The summed E-state index contributed by atoms with van der Waals surface area (Å²) in [4.78, 5) is 11.0. The lowest BCUT2D eigenvalue weighted by molar-refractivity contribution is 1.16. The third-order valence-corrected chi connectivity index (χ3v) is 4.68. The highest BCUT2D eigenvalue weighted by Gasteiger charge is 2.11. The van der Waals surface area contributed by atoms with Crippen LogP contribution in [0, 0.1) is 0 Å². The van der Waals surface area contributed by atoms with Gasteiger partial charge in [-0.1, -0.05) is 28.9 Å². The van der Waals surface area contributed by atoms with Crippen molar-refractivity contribution in [3.63, 3.8) is 0 Å². The van der Waals surface area contributed by atoms with Crippen molar-refractivity contribution in [3.8, 4) is 0 Å². The molecule has 0 aliphatic heterocycles. The number of aromatic nitrogens is 2. The summed E-state index contributed by atoms with van der Waals surface area (Å²) in [5.74, 6) is 6.62. The summed E-state index contributed by atoms with van der Waals surface area (Å²) >= 11 is 5.12. The summed E-state index contributed by atoms with van der Waals surface area (Å²) in [5, 5.41) is 4.34. The number of nitrogens with two attached hydrogens (primary N) is 1. The number of fused-ring (bicyclic) bond motifs is 1. The molecule has 5 nitrogen and oxygen atoms in total. The lowest BCUT2D eigenvalue weighted by Crippen LogP contribution is -2.11. The van der Waals surface area contributed by atoms with Gasteiger partial charge in [0, 0.05) is 15.0 Å². The lowest BCUT2D eigenvalue weighted by Gasteiger charge is -2.08. The molecule has 3 rings (SSSR count). The fraction of sp³-hybridized carbons (Fsp3) is 0.143. The van der Waals surface area contributed by atoms with Crippen LogP contribution in [0.25, 0.3) is 10.2 Å². The number of hydrogen-bond acceptors (Lipinski definition) is 6. The molecule has 7 heteroatoms. The number of rotatable bonds is 4.